The molecule has 0 aliphatic heterocycles. The van der Waals surface area contributed by atoms with E-state index in [1.54, 1.807) is 31.0 Å². The Morgan fingerprint density at radius 3 is 2.72 bits per heavy atom. The van der Waals surface area contributed by atoms with Crippen molar-refractivity contribution < 1.29 is 9.90 Å². The van der Waals surface area contributed by atoms with Crippen molar-refractivity contribution in [3.8, 4) is 0 Å². The van der Waals surface area contributed by atoms with Gasteiger partial charge < -0.3 is 15.7 Å². The average molecular weight is 342 g/mol. The summed E-state index contributed by atoms with van der Waals surface area (Å²) in [4.78, 5) is 12.3. The predicted molar refractivity (Wildman–Crippen MR) is 96.0 cm³/mol. The van der Waals surface area contributed by atoms with Crippen molar-refractivity contribution in [3.63, 3.8) is 0 Å². The second kappa shape index (κ2) is 7.27. The SMILES string of the molecule is Cn1cc(C(C)(O)CNC(=O)NC(Cc2ccccc2)C2CC2)cn1. The van der Waals surface area contributed by atoms with Gasteiger partial charge in [-0.05, 0) is 37.7 Å². The molecule has 6 heteroatoms. The second-order valence-electron chi connectivity index (χ2n) is 7.14. The summed E-state index contributed by atoms with van der Waals surface area (Å²) in [5.74, 6) is 0.546. The van der Waals surface area contributed by atoms with Gasteiger partial charge in [-0.2, -0.15) is 5.10 Å². The maximum atomic E-state index is 12.3. The summed E-state index contributed by atoms with van der Waals surface area (Å²) in [6, 6.07) is 10.1. The molecule has 2 atom stereocenters. The van der Waals surface area contributed by atoms with Crippen LogP contribution < -0.4 is 10.6 Å². The number of aromatic nitrogens is 2. The van der Waals surface area contributed by atoms with Gasteiger partial charge in [-0.3, -0.25) is 4.68 Å². The number of hydrogen-bond donors (Lipinski definition) is 3. The van der Waals surface area contributed by atoms with Gasteiger partial charge in [0.05, 0.1) is 12.7 Å². The minimum absolute atomic E-state index is 0.130. The van der Waals surface area contributed by atoms with Crippen molar-refractivity contribution in [3.05, 3.63) is 53.9 Å². The number of rotatable bonds is 7. The third kappa shape index (κ3) is 4.82. The maximum Gasteiger partial charge on any atom is 0.315 e. The van der Waals surface area contributed by atoms with Gasteiger partial charge in [0.25, 0.3) is 0 Å². The fraction of sp³-hybridized carbons (Fsp3) is 0.474. The van der Waals surface area contributed by atoms with Crippen LogP contribution in [0, 0.1) is 5.92 Å². The summed E-state index contributed by atoms with van der Waals surface area (Å²) in [6.45, 7) is 1.81. The van der Waals surface area contributed by atoms with Gasteiger partial charge in [-0.15, -0.1) is 0 Å². The molecule has 1 aromatic heterocycles. The van der Waals surface area contributed by atoms with E-state index in [1.807, 2.05) is 18.2 Å². The van der Waals surface area contributed by atoms with Crippen LogP contribution in [0.4, 0.5) is 4.79 Å². The van der Waals surface area contributed by atoms with E-state index in [4.69, 9.17) is 0 Å². The van der Waals surface area contributed by atoms with Crippen LogP contribution in [0.5, 0.6) is 0 Å². The summed E-state index contributed by atoms with van der Waals surface area (Å²) >= 11 is 0. The first-order valence-electron chi connectivity index (χ1n) is 8.74. The van der Waals surface area contributed by atoms with Gasteiger partial charge in [0.1, 0.15) is 5.60 Å². The highest BCUT2D eigenvalue weighted by molar-refractivity contribution is 5.74. The van der Waals surface area contributed by atoms with Gasteiger partial charge in [-0.1, -0.05) is 30.3 Å². The quantitative estimate of drug-likeness (QED) is 0.719. The second-order valence-corrected chi connectivity index (χ2v) is 7.14. The van der Waals surface area contributed by atoms with E-state index in [1.165, 1.54) is 5.56 Å². The van der Waals surface area contributed by atoms with Crippen LogP contribution >= 0.6 is 0 Å². The van der Waals surface area contributed by atoms with Gasteiger partial charge in [-0.25, -0.2) is 4.79 Å². The minimum Gasteiger partial charge on any atom is -0.383 e. The van der Waals surface area contributed by atoms with E-state index in [9.17, 15) is 9.90 Å². The molecule has 1 aromatic carbocycles. The molecule has 0 saturated heterocycles. The Bertz CT molecular complexity index is 707. The number of urea groups is 1. The number of aliphatic hydroxyl groups is 1. The van der Waals surface area contributed by atoms with Crippen molar-refractivity contribution in [2.45, 2.75) is 37.8 Å². The fourth-order valence-electron chi connectivity index (χ4n) is 2.98. The minimum atomic E-state index is -1.15. The first-order valence-corrected chi connectivity index (χ1v) is 8.74. The molecule has 134 valence electrons. The molecule has 1 saturated carbocycles. The first kappa shape index (κ1) is 17.5. The van der Waals surface area contributed by atoms with Crippen LogP contribution in [0.3, 0.4) is 0 Å². The highest BCUT2D eigenvalue weighted by atomic mass is 16.3. The van der Waals surface area contributed by atoms with Crippen LogP contribution in [-0.2, 0) is 19.1 Å². The topological polar surface area (TPSA) is 79.2 Å². The summed E-state index contributed by atoms with van der Waals surface area (Å²) in [7, 11) is 1.80. The largest absolute Gasteiger partial charge is 0.383 e. The molecule has 1 heterocycles. The van der Waals surface area contributed by atoms with E-state index in [0.717, 1.165) is 19.3 Å². The van der Waals surface area contributed by atoms with E-state index < -0.39 is 5.60 Å². The van der Waals surface area contributed by atoms with Crippen LogP contribution in [0.1, 0.15) is 30.9 Å². The Hall–Kier alpha value is -2.34. The molecule has 25 heavy (non-hydrogen) atoms. The highest BCUT2D eigenvalue weighted by Crippen LogP contribution is 2.34. The number of nitrogens with zero attached hydrogens (tertiary/aromatic N) is 2. The summed E-state index contributed by atoms with van der Waals surface area (Å²) in [6.07, 6.45) is 6.51. The van der Waals surface area contributed by atoms with Crippen LogP contribution in [0.15, 0.2) is 42.7 Å². The van der Waals surface area contributed by atoms with E-state index in [0.29, 0.717) is 11.5 Å². The molecule has 3 N–H and O–H groups in total. The van der Waals surface area contributed by atoms with Gasteiger partial charge in [0.2, 0.25) is 0 Å². The zero-order chi connectivity index (χ0) is 17.9. The molecule has 2 unspecified atom stereocenters. The Labute approximate surface area is 148 Å². The Kier molecular flexibility index (Phi) is 5.08. The molecule has 0 radical (unpaired) electrons. The molecule has 6 nitrogen and oxygen atoms in total. The normalized spacial score (nSPS) is 17.6. The maximum absolute atomic E-state index is 12.3. The number of amides is 2. The average Bonchev–Trinajstić information content (AvgIpc) is 3.34. The lowest BCUT2D eigenvalue weighted by Gasteiger charge is -2.24. The molecule has 0 bridgehead atoms. The Morgan fingerprint density at radius 1 is 1.40 bits per heavy atom. The lowest BCUT2D eigenvalue weighted by Crippen LogP contribution is -2.48. The number of hydrogen-bond acceptors (Lipinski definition) is 3. The summed E-state index contributed by atoms with van der Waals surface area (Å²) in [5, 5.41) is 20.5. The number of benzene rings is 1. The number of carbonyl (C=O) groups is 1. The Morgan fingerprint density at radius 2 is 2.12 bits per heavy atom. The molecule has 1 aliphatic rings. The predicted octanol–water partition coefficient (Wildman–Crippen LogP) is 1.95. The van der Waals surface area contributed by atoms with Crippen molar-refractivity contribution >= 4 is 6.03 Å². The van der Waals surface area contributed by atoms with E-state index in [-0.39, 0.29) is 18.6 Å². The number of carbonyl (C=O) groups excluding carboxylic acids is 1. The fourth-order valence-corrected chi connectivity index (χ4v) is 2.98. The number of aryl methyl sites for hydroxylation is 1. The molecule has 1 aliphatic carbocycles. The zero-order valence-corrected chi connectivity index (χ0v) is 14.8. The van der Waals surface area contributed by atoms with Crippen LogP contribution in [0.2, 0.25) is 0 Å². The van der Waals surface area contributed by atoms with E-state index >= 15 is 0 Å². The third-order valence-electron chi connectivity index (χ3n) is 4.73. The molecule has 2 amide bonds. The lowest BCUT2D eigenvalue weighted by molar-refractivity contribution is 0.0591. The van der Waals surface area contributed by atoms with E-state index in [2.05, 4.69) is 27.9 Å². The zero-order valence-electron chi connectivity index (χ0n) is 14.8. The molecule has 2 aromatic rings. The monoisotopic (exact) mass is 342 g/mol. The van der Waals surface area contributed by atoms with Crippen molar-refractivity contribution in [2.75, 3.05) is 6.54 Å². The molecule has 3 rings (SSSR count). The highest BCUT2D eigenvalue weighted by Gasteiger charge is 2.33. The van der Waals surface area contributed by atoms with Crippen molar-refractivity contribution in [1.82, 2.24) is 20.4 Å². The molecule has 0 spiro atoms. The molecule has 1 fully saturated rings. The van der Waals surface area contributed by atoms with Gasteiger partial charge in [0, 0.05) is 24.8 Å². The summed E-state index contributed by atoms with van der Waals surface area (Å²) < 4.78 is 1.63. The summed E-state index contributed by atoms with van der Waals surface area (Å²) in [5.41, 5.74) is 0.750. The first-order chi connectivity index (χ1) is 11.9. The number of nitrogens with one attached hydrogen (secondary N) is 2. The smallest absolute Gasteiger partial charge is 0.315 e. The molecular formula is C19H26N4O2. The van der Waals surface area contributed by atoms with Crippen molar-refractivity contribution in [1.29, 1.82) is 0 Å². The van der Waals surface area contributed by atoms with Crippen molar-refractivity contribution in [2.24, 2.45) is 13.0 Å². The van der Waals surface area contributed by atoms with Gasteiger partial charge in [0.15, 0.2) is 0 Å². The van der Waals surface area contributed by atoms with Gasteiger partial charge >= 0.3 is 6.03 Å². The third-order valence-corrected chi connectivity index (χ3v) is 4.73. The van der Waals surface area contributed by atoms with Crippen LogP contribution in [-0.4, -0.2) is 33.5 Å². The standard InChI is InChI=1S/C19H26N4O2/c1-19(25,16-11-21-23(2)12-16)13-20-18(24)22-17(15-8-9-15)10-14-6-4-3-5-7-14/h3-7,11-12,15,17,25H,8-10,13H2,1-2H3,(H2,20,22,24). The lowest BCUT2D eigenvalue weighted by atomic mass is 10.00. The molecular weight excluding hydrogens is 316 g/mol. The van der Waals surface area contributed by atoms with Crippen LogP contribution in [0.25, 0.3) is 0 Å². The Balaban J connectivity index is 1.53.